The van der Waals surface area contributed by atoms with Crippen molar-refractivity contribution in [2.75, 3.05) is 5.75 Å². The van der Waals surface area contributed by atoms with Gasteiger partial charge in [0.05, 0.1) is 10.6 Å². The number of hydrogen-bond acceptors (Lipinski definition) is 3. The Kier molecular flexibility index (Phi) is 4.50. The molecule has 0 aliphatic heterocycles. The van der Waals surface area contributed by atoms with Crippen LogP contribution in [0.2, 0.25) is 0 Å². The molecule has 90 valence electrons. The second-order valence-corrected chi connectivity index (χ2v) is 6.35. The van der Waals surface area contributed by atoms with Crippen LogP contribution < -0.4 is 5.32 Å². The molecule has 0 saturated heterocycles. The fourth-order valence-corrected chi connectivity index (χ4v) is 3.19. The fourth-order valence-electron chi connectivity index (χ4n) is 1.67. The Hall–Kier alpha value is -0.870. The van der Waals surface area contributed by atoms with E-state index in [1.165, 1.54) is 0 Å². The van der Waals surface area contributed by atoms with E-state index in [0.29, 0.717) is 10.9 Å². The quantitative estimate of drug-likeness (QED) is 0.855. The summed E-state index contributed by atoms with van der Waals surface area (Å²) < 4.78 is 24.0. The van der Waals surface area contributed by atoms with Crippen molar-refractivity contribution in [2.24, 2.45) is 0 Å². The van der Waals surface area contributed by atoms with Gasteiger partial charge < -0.3 is 5.32 Å². The van der Waals surface area contributed by atoms with Crippen molar-refractivity contribution in [1.82, 2.24) is 5.32 Å². The van der Waals surface area contributed by atoms with Crippen molar-refractivity contribution < 1.29 is 8.42 Å². The molecule has 0 fully saturated rings. The first-order chi connectivity index (χ1) is 7.42. The van der Waals surface area contributed by atoms with E-state index in [9.17, 15) is 8.42 Å². The summed E-state index contributed by atoms with van der Waals surface area (Å²) in [5, 5.41) is 3.19. The van der Waals surface area contributed by atoms with Crippen LogP contribution in [-0.2, 0) is 9.84 Å². The highest BCUT2D eigenvalue weighted by atomic mass is 32.2. The highest BCUT2D eigenvalue weighted by molar-refractivity contribution is 7.91. The Bertz CT molecular complexity index is 412. The second kappa shape index (κ2) is 5.46. The van der Waals surface area contributed by atoms with Gasteiger partial charge in [0.2, 0.25) is 0 Å². The molecular formula is C12H19NO2S. The van der Waals surface area contributed by atoms with E-state index in [2.05, 4.69) is 5.32 Å². The molecule has 0 aromatic heterocycles. The second-order valence-electron chi connectivity index (χ2n) is 4.32. The van der Waals surface area contributed by atoms with Gasteiger partial charge in [-0.3, -0.25) is 0 Å². The van der Waals surface area contributed by atoms with Crippen molar-refractivity contribution >= 4 is 9.84 Å². The molecule has 1 N–H and O–H groups in total. The molecule has 0 spiro atoms. The molecular weight excluding hydrogens is 222 g/mol. The lowest BCUT2D eigenvalue weighted by atomic mass is 10.3. The molecule has 0 aliphatic rings. The topological polar surface area (TPSA) is 46.2 Å². The van der Waals surface area contributed by atoms with Crippen LogP contribution in [0.5, 0.6) is 0 Å². The molecule has 16 heavy (non-hydrogen) atoms. The van der Waals surface area contributed by atoms with Crippen LogP contribution in [0.15, 0.2) is 35.2 Å². The maximum Gasteiger partial charge on any atom is 0.179 e. The number of hydrogen-bond donors (Lipinski definition) is 1. The lowest BCUT2D eigenvalue weighted by Crippen LogP contribution is -2.37. The van der Waals surface area contributed by atoms with Gasteiger partial charge in [0.15, 0.2) is 9.84 Å². The van der Waals surface area contributed by atoms with Gasteiger partial charge in [0.25, 0.3) is 0 Å². The van der Waals surface area contributed by atoms with Crippen LogP contribution in [0.25, 0.3) is 0 Å². The van der Waals surface area contributed by atoms with E-state index < -0.39 is 9.84 Å². The molecule has 0 amide bonds. The van der Waals surface area contributed by atoms with Gasteiger partial charge in [-0.15, -0.1) is 0 Å². The van der Waals surface area contributed by atoms with E-state index in [0.717, 1.165) is 0 Å². The van der Waals surface area contributed by atoms with Gasteiger partial charge in [-0.2, -0.15) is 0 Å². The first kappa shape index (κ1) is 13.2. The van der Waals surface area contributed by atoms with Gasteiger partial charge >= 0.3 is 0 Å². The molecule has 1 aromatic rings. The van der Waals surface area contributed by atoms with Crippen LogP contribution in [-0.4, -0.2) is 26.3 Å². The number of rotatable bonds is 5. The van der Waals surface area contributed by atoms with Crippen molar-refractivity contribution in [3.05, 3.63) is 30.3 Å². The maximum atomic E-state index is 12.0. The van der Waals surface area contributed by atoms with Gasteiger partial charge in [-0.1, -0.05) is 32.0 Å². The van der Waals surface area contributed by atoms with Crippen LogP contribution in [0.1, 0.15) is 20.8 Å². The smallest absolute Gasteiger partial charge is 0.179 e. The minimum atomic E-state index is -3.17. The zero-order valence-corrected chi connectivity index (χ0v) is 10.8. The molecule has 0 heterocycles. The third-order valence-corrected chi connectivity index (χ3v) is 4.12. The SMILES string of the molecule is CC(C)NC(C)CS(=O)(=O)c1ccccc1. The van der Waals surface area contributed by atoms with E-state index in [1.807, 2.05) is 26.8 Å². The standard InChI is InChI=1S/C12H19NO2S/c1-10(2)13-11(3)9-16(14,15)12-7-5-4-6-8-12/h4-8,10-11,13H,9H2,1-3H3. The first-order valence-electron chi connectivity index (χ1n) is 5.45. The molecule has 0 saturated carbocycles. The van der Waals surface area contributed by atoms with E-state index >= 15 is 0 Å². The monoisotopic (exact) mass is 241 g/mol. The summed E-state index contributed by atoms with van der Waals surface area (Å²) >= 11 is 0. The van der Waals surface area contributed by atoms with Crippen LogP contribution in [0.4, 0.5) is 0 Å². The number of nitrogens with one attached hydrogen (secondary N) is 1. The lowest BCUT2D eigenvalue weighted by molar-refractivity contribution is 0.510. The zero-order chi connectivity index (χ0) is 12.2. The molecule has 1 atom stereocenters. The third kappa shape index (κ3) is 3.94. The summed E-state index contributed by atoms with van der Waals surface area (Å²) in [6.45, 7) is 5.90. The average Bonchev–Trinajstić information content (AvgIpc) is 2.16. The molecule has 4 heteroatoms. The maximum absolute atomic E-state index is 12.0. The summed E-state index contributed by atoms with van der Waals surface area (Å²) in [5.41, 5.74) is 0. The van der Waals surface area contributed by atoms with E-state index in [4.69, 9.17) is 0 Å². The van der Waals surface area contributed by atoms with Crippen molar-refractivity contribution in [3.8, 4) is 0 Å². The van der Waals surface area contributed by atoms with Crippen molar-refractivity contribution in [1.29, 1.82) is 0 Å². The molecule has 0 aliphatic carbocycles. The Labute approximate surface area is 97.8 Å². The Morgan fingerprint density at radius 2 is 1.69 bits per heavy atom. The van der Waals surface area contributed by atoms with Gasteiger partial charge in [0, 0.05) is 12.1 Å². The highest BCUT2D eigenvalue weighted by Crippen LogP contribution is 2.11. The third-order valence-electron chi connectivity index (χ3n) is 2.19. The lowest BCUT2D eigenvalue weighted by Gasteiger charge is -2.16. The van der Waals surface area contributed by atoms with E-state index in [1.54, 1.807) is 24.3 Å². The van der Waals surface area contributed by atoms with Crippen molar-refractivity contribution in [2.45, 2.75) is 37.8 Å². The molecule has 1 unspecified atom stereocenters. The van der Waals surface area contributed by atoms with Crippen LogP contribution in [0, 0.1) is 0 Å². The van der Waals surface area contributed by atoms with Crippen molar-refractivity contribution in [3.63, 3.8) is 0 Å². The summed E-state index contributed by atoms with van der Waals surface area (Å²) in [6.07, 6.45) is 0. The predicted octanol–water partition coefficient (Wildman–Crippen LogP) is 1.85. The molecule has 1 rings (SSSR count). The molecule has 1 aromatic carbocycles. The van der Waals surface area contributed by atoms with Gasteiger partial charge in [0.1, 0.15) is 0 Å². The molecule has 0 radical (unpaired) electrons. The van der Waals surface area contributed by atoms with Crippen LogP contribution >= 0.6 is 0 Å². The normalized spacial score (nSPS) is 14.0. The zero-order valence-electron chi connectivity index (χ0n) is 9.97. The minimum absolute atomic E-state index is 0.0368. The highest BCUT2D eigenvalue weighted by Gasteiger charge is 2.18. The first-order valence-corrected chi connectivity index (χ1v) is 7.11. The summed E-state index contributed by atoms with van der Waals surface area (Å²) in [6, 6.07) is 8.83. The summed E-state index contributed by atoms with van der Waals surface area (Å²) in [5.74, 6) is 0.134. The van der Waals surface area contributed by atoms with Gasteiger partial charge in [-0.25, -0.2) is 8.42 Å². The fraction of sp³-hybridized carbons (Fsp3) is 0.500. The number of sulfone groups is 1. The van der Waals surface area contributed by atoms with E-state index in [-0.39, 0.29) is 11.8 Å². The summed E-state index contributed by atoms with van der Waals surface area (Å²) in [4.78, 5) is 0.396. The Morgan fingerprint density at radius 3 is 2.19 bits per heavy atom. The molecule has 0 bridgehead atoms. The predicted molar refractivity (Wildman–Crippen MR) is 66.2 cm³/mol. The minimum Gasteiger partial charge on any atom is -0.311 e. The Morgan fingerprint density at radius 1 is 1.12 bits per heavy atom. The number of benzene rings is 1. The molecule has 3 nitrogen and oxygen atoms in total. The van der Waals surface area contributed by atoms with Gasteiger partial charge in [-0.05, 0) is 19.1 Å². The average molecular weight is 241 g/mol. The van der Waals surface area contributed by atoms with Crippen LogP contribution in [0.3, 0.4) is 0 Å². The Balaban J connectivity index is 2.73. The summed E-state index contributed by atoms with van der Waals surface area (Å²) in [7, 11) is -3.17. The largest absolute Gasteiger partial charge is 0.311 e.